The fraction of sp³-hybridized carbons (Fsp3) is 0.562. The highest BCUT2D eigenvalue weighted by atomic mass is 32.2. The number of hydrogen-bond acceptors (Lipinski definition) is 4. The predicted molar refractivity (Wildman–Crippen MR) is 89.4 cm³/mol. The van der Waals surface area contributed by atoms with Crippen LogP contribution in [0, 0.1) is 11.7 Å². The molecular weight excluding hydrogens is 333 g/mol. The van der Waals surface area contributed by atoms with E-state index in [4.69, 9.17) is 0 Å². The Bertz CT molecular complexity index is 658. The summed E-state index contributed by atoms with van der Waals surface area (Å²) in [5.74, 6) is -0.970. The van der Waals surface area contributed by atoms with Gasteiger partial charge in [-0.25, -0.2) is 12.8 Å². The Hall–Kier alpha value is -1.51. The summed E-state index contributed by atoms with van der Waals surface area (Å²) in [7, 11) is -1.99. The highest BCUT2D eigenvalue weighted by molar-refractivity contribution is 7.89. The Kier molecular flexibility index (Phi) is 6.70. The van der Waals surface area contributed by atoms with Gasteiger partial charge in [-0.05, 0) is 45.0 Å². The highest BCUT2D eigenvalue weighted by Crippen LogP contribution is 2.25. The number of nitrogens with one attached hydrogen (secondary N) is 2. The van der Waals surface area contributed by atoms with Gasteiger partial charge in [0.05, 0.1) is 0 Å². The lowest BCUT2D eigenvalue weighted by molar-refractivity contribution is -0.126. The predicted octanol–water partition coefficient (Wildman–Crippen LogP) is 0.952. The van der Waals surface area contributed by atoms with Crippen LogP contribution in [-0.2, 0) is 14.8 Å². The van der Waals surface area contributed by atoms with Gasteiger partial charge in [-0.2, -0.15) is 4.31 Å². The number of hydrogen-bond donors (Lipinski definition) is 2. The summed E-state index contributed by atoms with van der Waals surface area (Å²) in [5.41, 5.74) is 0. The number of benzene rings is 1. The summed E-state index contributed by atoms with van der Waals surface area (Å²) in [6.07, 6.45) is 1.75. The van der Waals surface area contributed by atoms with E-state index in [9.17, 15) is 17.6 Å². The van der Waals surface area contributed by atoms with Gasteiger partial charge in [-0.3, -0.25) is 4.79 Å². The monoisotopic (exact) mass is 357 g/mol. The minimum atomic E-state index is -3.85. The summed E-state index contributed by atoms with van der Waals surface area (Å²) in [6, 6.07) is 5.36. The molecule has 2 rings (SSSR count). The number of carbonyl (C=O) groups excluding carboxylic acids is 1. The van der Waals surface area contributed by atoms with E-state index in [1.807, 2.05) is 7.05 Å². The van der Waals surface area contributed by atoms with Crippen LogP contribution in [-0.4, -0.2) is 51.9 Å². The fourth-order valence-corrected chi connectivity index (χ4v) is 4.31. The van der Waals surface area contributed by atoms with Gasteiger partial charge in [0.1, 0.15) is 10.7 Å². The summed E-state index contributed by atoms with van der Waals surface area (Å²) < 4.78 is 40.0. The van der Waals surface area contributed by atoms with Gasteiger partial charge in [0.15, 0.2) is 0 Å². The molecule has 0 unspecified atom stereocenters. The largest absolute Gasteiger partial charge is 0.356 e. The summed E-state index contributed by atoms with van der Waals surface area (Å²) in [5, 5.41) is 5.88. The van der Waals surface area contributed by atoms with Crippen molar-refractivity contribution in [1.82, 2.24) is 14.9 Å². The van der Waals surface area contributed by atoms with Crippen LogP contribution in [0.25, 0.3) is 0 Å². The van der Waals surface area contributed by atoms with Gasteiger partial charge in [0, 0.05) is 25.6 Å². The van der Waals surface area contributed by atoms with E-state index in [0.29, 0.717) is 19.4 Å². The second-order valence-corrected chi connectivity index (χ2v) is 7.76. The number of rotatable bonds is 7. The Morgan fingerprint density at radius 3 is 2.54 bits per heavy atom. The number of amides is 1. The molecule has 1 amide bonds. The lowest BCUT2D eigenvalue weighted by atomic mass is 9.97. The van der Waals surface area contributed by atoms with E-state index in [1.165, 1.54) is 22.5 Å². The molecule has 1 fully saturated rings. The summed E-state index contributed by atoms with van der Waals surface area (Å²) >= 11 is 0. The summed E-state index contributed by atoms with van der Waals surface area (Å²) in [4.78, 5) is 11.8. The van der Waals surface area contributed by atoms with Crippen molar-refractivity contribution in [2.75, 3.05) is 33.2 Å². The molecule has 1 aliphatic heterocycles. The zero-order valence-electron chi connectivity index (χ0n) is 13.8. The van der Waals surface area contributed by atoms with Gasteiger partial charge in [0.2, 0.25) is 15.9 Å². The molecule has 1 heterocycles. The Morgan fingerprint density at radius 2 is 1.92 bits per heavy atom. The molecule has 1 saturated heterocycles. The zero-order valence-corrected chi connectivity index (χ0v) is 14.6. The maximum Gasteiger partial charge on any atom is 0.245 e. The molecule has 0 aliphatic carbocycles. The third-order valence-electron chi connectivity index (χ3n) is 4.18. The maximum atomic E-state index is 13.8. The first kappa shape index (κ1) is 18.8. The number of nitrogens with zero attached hydrogens (tertiary/aromatic N) is 1. The van der Waals surface area contributed by atoms with Crippen LogP contribution in [0.15, 0.2) is 29.2 Å². The maximum absolute atomic E-state index is 13.8. The first-order chi connectivity index (χ1) is 11.5. The molecule has 2 N–H and O–H groups in total. The molecule has 0 aromatic heterocycles. The smallest absolute Gasteiger partial charge is 0.245 e. The van der Waals surface area contributed by atoms with Gasteiger partial charge >= 0.3 is 0 Å². The number of carbonyl (C=O) groups is 1. The molecular formula is C16H24FN3O3S. The van der Waals surface area contributed by atoms with Crippen molar-refractivity contribution >= 4 is 15.9 Å². The van der Waals surface area contributed by atoms with Crippen LogP contribution in [0.5, 0.6) is 0 Å². The summed E-state index contributed by atoms with van der Waals surface area (Å²) in [6.45, 7) is 1.89. The highest BCUT2D eigenvalue weighted by Gasteiger charge is 2.33. The first-order valence-corrected chi connectivity index (χ1v) is 9.58. The number of sulfonamides is 1. The van der Waals surface area contributed by atoms with Gasteiger partial charge in [0.25, 0.3) is 0 Å². The van der Waals surface area contributed by atoms with Gasteiger partial charge in [-0.15, -0.1) is 0 Å². The molecule has 6 nitrogen and oxygen atoms in total. The molecule has 134 valence electrons. The molecule has 0 spiro atoms. The second kappa shape index (κ2) is 8.55. The number of halogens is 1. The molecule has 0 bridgehead atoms. The molecule has 1 aromatic rings. The lowest BCUT2D eigenvalue weighted by Crippen LogP contribution is -2.43. The third-order valence-corrected chi connectivity index (χ3v) is 6.11. The fourth-order valence-electron chi connectivity index (χ4n) is 2.77. The van der Waals surface area contributed by atoms with Crippen LogP contribution in [0.3, 0.4) is 0 Å². The molecule has 1 aliphatic rings. The van der Waals surface area contributed by atoms with Gasteiger partial charge in [-0.1, -0.05) is 12.1 Å². The standard InChI is InChI=1S/C16H24FN3O3S/c1-18-9-4-10-19-16(21)13-7-11-20(12-8-13)24(22,23)15-6-3-2-5-14(15)17/h2-3,5-6,13,18H,4,7-12H2,1H3,(H,19,21). The van der Waals surface area contributed by atoms with Crippen LogP contribution < -0.4 is 10.6 Å². The lowest BCUT2D eigenvalue weighted by Gasteiger charge is -2.30. The Labute approximate surface area is 142 Å². The number of piperidine rings is 1. The van der Waals surface area contributed by atoms with E-state index in [2.05, 4.69) is 10.6 Å². The van der Waals surface area contributed by atoms with E-state index < -0.39 is 15.8 Å². The Morgan fingerprint density at radius 1 is 1.25 bits per heavy atom. The van der Waals surface area contributed by atoms with E-state index >= 15 is 0 Å². The molecule has 1 aromatic carbocycles. The van der Waals surface area contributed by atoms with Crippen LogP contribution in [0.4, 0.5) is 4.39 Å². The normalized spacial score (nSPS) is 16.9. The average molecular weight is 357 g/mol. The van der Waals surface area contributed by atoms with E-state index in [-0.39, 0.29) is 29.8 Å². The molecule has 0 radical (unpaired) electrons. The zero-order chi connectivity index (χ0) is 17.6. The Balaban J connectivity index is 1.90. The minimum Gasteiger partial charge on any atom is -0.356 e. The van der Waals surface area contributed by atoms with Gasteiger partial charge < -0.3 is 10.6 Å². The molecule has 0 atom stereocenters. The van der Waals surface area contributed by atoms with Crippen molar-refractivity contribution < 1.29 is 17.6 Å². The van der Waals surface area contributed by atoms with Crippen LogP contribution in [0.1, 0.15) is 19.3 Å². The van der Waals surface area contributed by atoms with Crippen LogP contribution >= 0.6 is 0 Å². The van der Waals surface area contributed by atoms with Crippen molar-refractivity contribution in [2.24, 2.45) is 5.92 Å². The van der Waals surface area contributed by atoms with Crippen molar-refractivity contribution in [3.63, 3.8) is 0 Å². The topological polar surface area (TPSA) is 78.5 Å². The van der Waals surface area contributed by atoms with E-state index in [1.54, 1.807) is 0 Å². The second-order valence-electron chi connectivity index (χ2n) is 5.86. The molecule has 0 saturated carbocycles. The van der Waals surface area contributed by atoms with E-state index in [0.717, 1.165) is 19.0 Å². The first-order valence-electron chi connectivity index (χ1n) is 8.14. The van der Waals surface area contributed by atoms with Crippen molar-refractivity contribution in [2.45, 2.75) is 24.2 Å². The minimum absolute atomic E-state index is 0.0333. The van der Waals surface area contributed by atoms with Crippen LogP contribution in [0.2, 0.25) is 0 Å². The van der Waals surface area contributed by atoms with Crippen molar-refractivity contribution in [3.05, 3.63) is 30.1 Å². The van der Waals surface area contributed by atoms with Crippen molar-refractivity contribution in [3.8, 4) is 0 Å². The molecule has 8 heteroatoms. The molecule has 24 heavy (non-hydrogen) atoms. The quantitative estimate of drug-likeness (QED) is 0.713. The average Bonchev–Trinajstić information content (AvgIpc) is 2.59. The third kappa shape index (κ3) is 4.52. The van der Waals surface area contributed by atoms with Crippen molar-refractivity contribution in [1.29, 1.82) is 0 Å². The SMILES string of the molecule is CNCCCNC(=O)C1CCN(S(=O)(=O)c2ccccc2F)CC1.